The molecule has 0 fully saturated rings. The predicted molar refractivity (Wildman–Crippen MR) is 104 cm³/mol. The van der Waals surface area contributed by atoms with Crippen molar-refractivity contribution in [2.45, 2.75) is 25.0 Å². The van der Waals surface area contributed by atoms with Gasteiger partial charge in [-0.3, -0.25) is 16.7 Å². The van der Waals surface area contributed by atoms with Crippen molar-refractivity contribution < 1.29 is 60.6 Å². The van der Waals surface area contributed by atoms with Crippen LogP contribution in [0.3, 0.4) is 0 Å². The molecule has 0 spiro atoms. The Kier molecular flexibility index (Phi) is 14.7. The molecule has 2 unspecified atom stereocenters. The third kappa shape index (κ3) is 27.6. The van der Waals surface area contributed by atoms with Crippen LogP contribution in [0.15, 0.2) is 0 Å². The van der Waals surface area contributed by atoms with Crippen molar-refractivity contribution in [3.05, 3.63) is 0 Å². The number of unbranched alkanes of at least 4 members (excludes halogenated alkanes) is 1. The summed E-state index contributed by atoms with van der Waals surface area (Å²) in [5, 5.41) is 18.3. The van der Waals surface area contributed by atoms with Gasteiger partial charge in [0.25, 0.3) is 40.5 Å². The van der Waals surface area contributed by atoms with E-state index in [0.29, 0.717) is 12.8 Å². The fourth-order valence-corrected chi connectivity index (χ4v) is 2.85. The largest absolute Gasteiger partial charge is 0.388 e. The van der Waals surface area contributed by atoms with Crippen molar-refractivity contribution >= 4 is 40.5 Å². The summed E-state index contributed by atoms with van der Waals surface area (Å²) in [5.41, 5.74) is 0. The molecular formula is C12H28O14S4. The molecule has 2 N–H and O–H groups in total. The zero-order chi connectivity index (χ0) is 24.2. The maximum atomic E-state index is 10.5. The van der Waals surface area contributed by atoms with Gasteiger partial charge in [0, 0.05) is 0 Å². The van der Waals surface area contributed by atoms with E-state index in [1.54, 1.807) is 0 Å². The van der Waals surface area contributed by atoms with Gasteiger partial charge in [-0.05, 0) is 12.8 Å². The number of hydrogen-bond donors (Lipinski definition) is 2. The Hall–Kier alpha value is -0.440. The van der Waals surface area contributed by atoms with Crippen LogP contribution in [-0.2, 0) is 57.2 Å². The minimum Gasteiger partial charge on any atom is -0.388 e. The Morgan fingerprint density at radius 1 is 0.533 bits per heavy atom. The van der Waals surface area contributed by atoms with Crippen molar-refractivity contribution in [2.24, 2.45) is 0 Å². The van der Waals surface area contributed by atoms with E-state index in [9.17, 15) is 33.7 Å². The smallest absolute Gasteiger partial charge is 0.264 e. The predicted octanol–water partition coefficient (Wildman–Crippen LogP) is -2.62. The van der Waals surface area contributed by atoms with Gasteiger partial charge in [0.2, 0.25) is 0 Å². The molecular weight excluding hydrogens is 496 g/mol. The molecule has 0 saturated heterocycles. The van der Waals surface area contributed by atoms with E-state index in [1.807, 2.05) is 0 Å². The summed E-state index contributed by atoms with van der Waals surface area (Å²) in [4.78, 5) is 0. The average Bonchev–Trinajstić information content (AvgIpc) is 2.50. The molecule has 0 amide bonds. The van der Waals surface area contributed by atoms with Gasteiger partial charge in [-0.25, -0.2) is 0 Å². The lowest BCUT2D eigenvalue weighted by molar-refractivity contribution is -0.0264. The first-order chi connectivity index (χ1) is 13.2. The maximum absolute atomic E-state index is 10.5. The van der Waals surface area contributed by atoms with Crippen LogP contribution in [0, 0.1) is 0 Å². The highest BCUT2D eigenvalue weighted by atomic mass is 32.2. The second-order valence-electron chi connectivity index (χ2n) is 5.87. The van der Waals surface area contributed by atoms with E-state index >= 15 is 0 Å². The summed E-state index contributed by atoms with van der Waals surface area (Å²) in [5.74, 6) is 0. The van der Waals surface area contributed by atoms with E-state index in [4.69, 9.17) is 10.2 Å². The van der Waals surface area contributed by atoms with Gasteiger partial charge in [0.15, 0.2) is 0 Å². The van der Waals surface area contributed by atoms with Gasteiger partial charge in [-0.15, -0.1) is 0 Å². The van der Waals surface area contributed by atoms with Crippen molar-refractivity contribution in [1.82, 2.24) is 0 Å². The van der Waals surface area contributed by atoms with Gasteiger partial charge in [-0.2, -0.15) is 33.7 Å². The lowest BCUT2D eigenvalue weighted by Crippen LogP contribution is -2.35. The standard InChI is InChI=1S/C6H14O8S2.C6H14O6S2/c1-15(9,10)13-3-5(7)6(8)4-14-16(2,11)12;1-13(7,8)11-5-3-4-6-12-14(2,9)10/h5-8H,3-4H2,1-2H3;3-6H2,1-2H3. The summed E-state index contributed by atoms with van der Waals surface area (Å²) >= 11 is 0. The normalized spacial score (nSPS) is 15.1. The van der Waals surface area contributed by atoms with Gasteiger partial charge in [0.1, 0.15) is 12.2 Å². The molecule has 0 aromatic rings. The van der Waals surface area contributed by atoms with Gasteiger partial charge in [-0.1, -0.05) is 0 Å². The highest BCUT2D eigenvalue weighted by molar-refractivity contribution is 7.86. The van der Waals surface area contributed by atoms with Crippen LogP contribution < -0.4 is 0 Å². The van der Waals surface area contributed by atoms with E-state index < -0.39 is 65.9 Å². The third-order valence-electron chi connectivity index (χ3n) is 2.48. The molecule has 0 aromatic heterocycles. The Morgan fingerprint density at radius 3 is 0.967 bits per heavy atom. The summed E-state index contributed by atoms with van der Waals surface area (Å²) in [6.45, 7) is -1.25. The molecule has 0 bridgehead atoms. The molecule has 0 aliphatic rings. The molecule has 0 aliphatic heterocycles. The van der Waals surface area contributed by atoms with Crippen LogP contribution in [-0.4, -0.2) is 108 Å². The van der Waals surface area contributed by atoms with Gasteiger partial charge < -0.3 is 10.2 Å². The Bertz CT molecular complexity index is 813. The molecule has 0 radical (unpaired) electrons. The van der Waals surface area contributed by atoms with E-state index in [2.05, 4.69) is 16.7 Å². The van der Waals surface area contributed by atoms with Crippen LogP contribution in [0.1, 0.15) is 12.8 Å². The molecule has 0 saturated carbocycles. The zero-order valence-corrected chi connectivity index (χ0v) is 20.1. The zero-order valence-electron chi connectivity index (χ0n) is 16.8. The highest BCUT2D eigenvalue weighted by Gasteiger charge is 2.20. The molecule has 0 aliphatic carbocycles. The Balaban J connectivity index is 0. The van der Waals surface area contributed by atoms with Crippen molar-refractivity contribution in [3.63, 3.8) is 0 Å². The molecule has 18 heteroatoms. The molecule has 30 heavy (non-hydrogen) atoms. The molecule has 2 atom stereocenters. The fraction of sp³-hybridized carbons (Fsp3) is 1.00. The summed E-state index contributed by atoms with van der Waals surface area (Å²) in [6.07, 6.45) is 1.22. The second kappa shape index (κ2) is 13.9. The van der Waals surface area contributed by atoms with Crippen LogP contribution in [0.4, 0.5) is 0 Å². The number of rotatable bonds is 14. The minimum atomic E-state index is -3.73. The lowest BCUT2D eigenvalue weighted by atomic mass is 10.2. The minimum absolute atomic E-state index is 0.0476. The van der Waals surface area contributed by atoms with Crippen molar-refractivity contribution in [2.75, 3.05) is 51.5 Å². The van der Waals surface area contributed by atoms with E-state index in [-0.39, 0.29) is 13.2 Å². The molecule has 184 valence electrons. The first-order valence-electron chi connectivity index (χ1n) is 7.95. The number of hydrogen-bond acceptors (Lipinski definition) is 14. The monoisotopic (exact) mass is 524 g/mol. The summed E-state index contributed by atoms with van der Waals surface area (Å²) in [6, 6.07) is 0. The first kappa shape index (κ1) is 31.7. The molecule has 0 heterocycles. The first-order valence-corrected chi connectivity index (χ1v) is 15.2. The van der Waals surface area contributed by atoms with Crippen LogP contribution in [0.5, 0.6) is 0 Å². The van der Waals surface area contributed by atoms with Gasteiger partial charge >= 0.3 is 0 Å². The molecule has 0 aromatic carbocycles. The van der Waals surface area contributed by atoms with Gasteiger partial charge in [0.05, 0.1) is 51.5 Å². The maximum Gasteiger partial charge on any atom is 0.264 e. The average molecular weight is 525 g/mol. The fourth-order valence-electron chi connectivity index (χ4n) is 1.23. The lowest BCUT2D eigenvalue weighted by Gasteiger charge is -2.16. The summed E-state index contributed by atoms with van der Waals surface area (Å²) in [7, 11) is -14.3. The second-order valence-corrected chi connectivity index (χ2v) is 12.4. The van der Waals surface area contributed by atoms with Crippen LogP contribution in [0.2, 0.25) is 0 Å². The van der Waals surface area contributed by atoms with Crippen molar-refractivity contribution in [1.29, 1.82) is 0 Å². The van der Waals surface area contributed by atoms with E-state index in [0.717, 1.165) is 25.0 Å². The van der Waals surface area contributed by atoms with E-state index in [1.165, 1.54) is 0 Å². The highest BCUT2D eigenvalue weighted by Crippen LogP contribution is 2.00. The van der Waals surface area contributed by atoms with Crippen LogP contribution >= 0.6 is 0 Å². The number of aliphatic hydroxyl groups excluding tert-OH is 2. The SMILES string of the molecule is CS(=O)(=O)OCC(O)C(O)COS(C)(=O)=O.CS(=O)(=O)OCCCCOS(C)(=O)=O. The van der Waals surface area contributed by atoms with Crippen LogP contribution in [0.25, 0.3) is 0 Å². The topological polar surface area (TPSA) is 214 Å². The molecule has 14 nitrogen and oxygen atoms in total. The molecule has 0 rings (SSSR count). The Labute approximate surface area is 177 Å². The number of aliphatic hydroxyl groups is 2. The Morgan fingerprint density at radius 2 is 0.767 bits per heavy atom. The summed E-state index contributed by atoms with van der Waals surface area (Å²) < 4.78 is 101. The third-order valence-corrected chi connectivity index (χ3v) is 4.80. The van der Waals surface area contributed by atoms with Crippen molar-refractivity contribution in [3.8, 4) is 0 Å². The quantitative estimate of drug-likeness (QED) is 0.176.